The quantitative estimate of drug-likeness (QED) is 0.746. The van der Waals surface area contributed by atoms with Gasteiger partial charge in [-0.2, -0.15) is 0 Å². The first-order chi connectivity index (χ1) is 8.67. The zero-order valence-electron chi connectivity index (χ0n) is 12.0. The summed E-state index contributed by atoms with van der Waals surface area (Å²) in [5.41, 5.74) is 5.45. The van der Waals surface area contributed by atoms with Gasteiger partial charge in [-0.3, -0.25) is 4.79 Å². The number of carbonyl (C=O) groups excluding carboxylic acids is 1. The Labute approximate surface area is 111 Å². The van der Waals surface area contributed by atoms with Crippen LogP contribution in [0.1, 0.15) is 39.0 Å². The molecule has 106 valence electrons. The second kappa shape index (κ2) is 8.48. The van der Waals surface area contributed by atoms with Crippen molar-refractivity contribution in [2.45, 2.75) is 39.0 Å². The van der Waals surface area contributed by atoms with Gasteiger partial charge in [0, 0.05) is 26.6 Å². The molecule has 0 atom stereocenters. The van der Waals surface area contributed by atoms with E-state index in [1.54, 1.807) is 0 Å². The summed E-state index contributed by atoms with van der Waals surface area (Å²) in [5, 5.41) is 0. The Balaban J connectivity index is 2.15. The molecular formula is C14H29N3O. The number of likely N-dealkylation sites (tertiary alicyclic amines) is 1. The van der Waals surface area contributed by atoms with E-state index in [2.05, 4.69) is 11.8 Å². The van der Waals surface area contributed by atoms with Crippen molar-refractivity contribution in [2.75, 3.05) is 39.8 Å². The Morgan fingerprint density at radius 3 is 2.61 bits per heavy atom. The van der Waals surface area contributed by atoms with E-state index >= 15 is 0 Å². The van der Waals surface area contributed by atoms with Gasteiger partial charge in [0.15, 0.2) is 0 Å². The van der Waals surface area contributed by atoms with Crippen LogP contribution in [0.3, 0.4) is 0 Å². The minimum Gasteiger partial charge on any atom is -0.346 e. The SMILES string of the molecule is CCC1CCN(CCC(=O)N(C)CCCN)CC1. The molecule has 0 aliphatic carbocycles. The molecule has 0 spiro atoms. The molecule has 0 saturated carbocycles. The number of nitrogens with two attached hydrogens (primary N) is 1. The van der Waals surface area contributed by atoms with Crippen LogP contribution in [0.2, 0.25) is 0 Å². The number of hydrogen-bond donors (Lipinski definition) is 1. The summed E-state index contributed by atoms with van der Waals surface area (Å²) < 4.78 is 0. The molecule has 1 saturated heterocycles. The Morgan fingerprint density at radius 2 is 2.06 bits per heavy atom. The van der Waals surface area contributed by atoms with E-state index in [0.29, 0.717) is 13.0 Å². The van der Waals surface area contributed by atoms with Crippen molar-refractivity contribution in [1.29, 1.82) is 0 Å². The lowest BCUT2D eigenvalue weighted by molar-refractivity contribution is -0.130. The summed E-state index contributed by atoms with van der Waals surface area (Å²) in [6.45, 7) is 6.96. The fourth-order valence-corrected chi connectivity index (χ4v) is 2.52. The zero-order valence-corrected chi connectivity index (χ0v) is 12.0. The Morgan fingerprint density at radius 1 is 1.39 bits per heavy atom. The normalized spacial score (nSPS) is 17.9. The number of hydrogen-bond acceptors (Lipinski definition) is 3. The molecular weight excluding hydrogens is 226 g/mol. The van der Waals surface area contributed by atoms with Crippen molar-refractivity contribution < 1.29 is 4.79 Å². The van der Waals surface area contributed by atoms with Crippen LogP contribution in [0.4, 0.5) is 0 Å². The Hall–Kier alpha value is -0.610. The van der Waals surface area contributed by atoms with Crippen molar-refractivity contribution >= 4 is 5.91 Å². The second-order valence-electron chi connectivity index (χ2n) is 5.40. The van der Waals surface area contributed by atoms with Crippen LogP contribution in [-0.4, -0.2) is 55.5 Å². The van der Waals surface area contributed by atoms with Gasteiger partial charge in [0.2, 0.25) is 5.91 Å². The molecule has 0 bridgehead atoms. The minimum absolute atomic E-state index is 0.251. The highest BCUT2D eigenvalue weighted by molar-refractivity contribution is 5.76. The minimum atomic E-state index is 0.251. The van der Waals surface area contributed by atoms with E-state index in [1.807, 2.05) is 11.9 Å². The van der Waals surface area contributed by atoms with Gasteiger partial charge in [-0.1, -0.05) is 13.3 Å². The average Bonchev–Trinajstić information content (AvgIpc) is 2.42. The maximum absolute atomic E-state index is 11.9. The van der Waals surface area contributed by atoms with Crippen LogP contribution >= 0.6 is 0 Å². The second-order valence-corrected chi connectivity index (χ2v) is 5.40. The molecule has 0 aromatic heterocycles. The van der Waals surface area contributed by atoms with Crippen LogP contribution in [-0.2, 0) is 4.79 Å². The molecule has 1 rings (SSSR count). The van der Waals surface area contributed by atoms with Crippen LogP contribution in [0.5, 0.6) is 0 Å². The fraction of sp³-hybridized carbons (Fsp3) is 0.929. The highest BCUT2D eigenvalue weighted by Gasteiger charge is 2.18. The number of nitrogens with zero attached hydrogens (tertiary/aromatic N) is 2. The van der Waals surface area contributed by atoms with Crippen molar-refractivity contribution in [3.8, 4) is 0 Å². The molecule has 2 N–H and O–H groups in total. The summed E-state index contributed by atoms with van der Waals surface area (Å²) >= 11 is 0. The molecule has 1 aliphatic rings. The van der Waals surface area contributed by atoms with Crippen LogP contribution in [0.15, 0.2) is 0 Å². The summed E-state index contributed by atoms with van der Waals surface area (Å²) in [5.74, 6) is 1.16. The van der Waals surface area contributed by atoms with Gasteiger partial charge in [-0.15, -0.1) is 0 Å². The summed E-state index contributed by atoms with van der Waals surface area (Å²) in [4.78, 5) is 16.1. The molecule has 18 heavy (non-hydrogen) atoms. The van der Waals surface area contributed by atoms with E-state index in [9.17, 15) is 4.79 Å². The van der Waals surface area contributed by atoms with E-state index in [0.717, 1.165) is 38.5 Å². The molecule has 4 nitrogen and oxygen atoms in total. The van der Waals surface area contributed by atoms with Gasteiger partial charge in [0.1, 0.15) is 0 Å². The zero-order chi connectivity index (χ0) is 13.4. The summed E-state index contributed by atoms with van der Waals surface area (Å²) in [6.07, 6.45) is 5.44. The lowest BCUT2D eigenvalue weighted by Gasteiger charge is -2.31. The van der Waals surface area contributed by atoms with E-state index in [1.165, 1.54) is 19.3 Å². The molecule has 1 fully saturated rings. The highest BCUT2D eigenvalue weighted by Crippen LogP contribution is 2.19. The third-order valence-corrected chi connectivity index (χ3v) is 4.05. The molecule has 4 heteroatoms. The molecule has 0 aromatic carbocycles. The smallest absolute Gasteiger partial charge is 0.223 e. The number of carbonyl (C=O) groups is 1. The highest BCUT2D eigenvalue weighted by atomic mass is 16.2. The van der Waals surface area contributed by atoms with E-state index < -0.39 is 0 Å². The lowest BCUT2D eigenvalue weighted by atomic mass is 9.94. The van der Waals surface area contributed by atoms with Gasteiger partial charge in [0.25, 0.3) is 0 Å². The van der Waals surface area contributed by atoms with Crippen molar-refractivity contribution in [2.24, 2.45) is 11.7 Å². The lowest BCUT2D eigenvalue weighted by Crippen LogP contribution is -2.37. The number of amides is 1. The molecule has 0 aromatic rings. The van der Waals surface area contributed by atoms with Gasteiger partial charge < -0.3 is 15.5 Å². The third-order valence-electron chi connectivity index (χ3n) is 4.05. The maximum atomic E-state index is 11.9. The maximum Gasteiger partial charge on any atom is 0.223 e. The largest absolute Gasteiger partial charge is 0.346 e. The van der Waals surface area contributed by atoms with Gasteiger partial charge in [-0.25, -0.2) is 0 Å². The predicted molar refractivity (Wildman–Crippen MR) is 75.4 cm³/mol. The van der Waals surface area contributed by atoms with Gasteiger partial charge in [0.05, 0.1) is 0 Å². The Bertz CT molecular complexity index is 237. The van der Waals surface area contributed by atoms with Gasteiger partial charge in [-0.05, 0) is 44.8 Å². The van der Waals surface area contributed by atoms with Crippen molar-refractivity contribution in [3.63, 3.8) is 0 Å². The summed E-state index contributed by atoms with van der Waals surface area (Å²) in [7, 11) is 1.88. The average molecular weight is 255 g/mol. The number of rotatable bonds is 7. The number of piperidine rings is 1. The third kappa shape index (κ3) is 5.36. The first-order valence-corrected chi connectivity index (χ1v) is 7.33. The fourth-order valence-electron chi connectivity index (χ4n) is 2.52. The molecule has 1 aliphatic heterocycles. The molecule has 1 amide bonds. The first kappa shape index (κ1) is 15.4. The molecule has 1 heterocycles. The van der Waals surface area contributed by atoms with E-state index in [4.69, 9.17) is 5.73 Å². The molecule has 0 unspecified atom stereocenters. The topological polar surface area (TPSA) is 49.6 Å². The standard InChI is InChI=1S/C14H29N3O/c1-3-13-5-10-17(11-6-13)12-7-14(18)16(2)9-4-8-15/h13H,3-12,15H2,1-2H3. The first-order valence-electron chi connectivity index (χ1n) is 7.33. The molecule has 0 radical (unpaired) electrons. The monoisotopic (exact) mass is 255 g/mol. The predicted octanol–water partition coefficient (Wildman–Crippen LogP) is 1.31. The van der Waals surface area contributed by atoms with Crippen LogP contribution in [0, 0.1) is 5.92 Å². The Kier molecular flexibility index (Phi) is 7.28. The van der Waals surface area contributed by atoms with Crippen molar-refractivity contribution in [1.82, 2.24) is 9.80 Å². The van der Waals surface area contributed by atoms with Gasteiger partial charge >= 0.3 is 0 Å². The van der Waals surface area contributed by atoms with Crippen molar-refractivity contribution in [3.05, 3.63) is 0 Å². The van der Waals surface area contributed by atoms with Crippen LogP contribution < -0.4 is 5.73 Å². The van der Waals surface area contributed by atoms with Crippen LogP contribution in [0.25, 0.3) is 0 Å². The summed E-state index contributed by atoms with van der Waals surface area (Å²) in [6, 6.07) is 0. The van der Waals surface area contributed by atoms with E-state index in [-0.39, 0.29) is 5.91 Å².